The Morgan fingerprint density at radius 1 is 1.21 bits per heavy atom. The van der Waals surface area contributed by atoms with Crippen LogP contribution in [0.4, 0.5) is 0 Å². The number of hydrogen-bond donors (Lipinski definition) is 2. The monoisotopic (exact) mass is 324 g/mol. The standard InChI is InChI=1S/C12H18Cl2N2O2S/c1-12(2,16-19(3,17)18)8-15-7-9-10(13)5-4-6-11(9)14/h4-6,15-16H,7-8H2,1-3H3. The number of sulfonamides is 1. The first-order chi connectivity index (χ1) is 8.61. The Morgan fingerprint density at radius 3 is 2.21 bits per heavy atom. The Morgan fingerprint density at radius 2 is 1.74 bits per heavy atom. The third-order valence-corrected chi connectivity index (χ3v) is 4.02. The van der Waals surface area contributed by atoms with Crippen molar-refractivity contribution in [1.29, 1.82) is 0 Å². The first-order valence-corrected chi connectivity index (χ1v) is 8.38. The van der Waals surface area contributed by atoms with Gasteiger partial charge in [0.1, 0.15) is 0 Å². The van der Waals surface area contributed by atoms with Gasteiger partial charge in [-0.1, -0.05) is 29.3 Å². The van der Waals surface area contributed by atoms with Crippen molar-refractivity contribution in [3.8, 4) is 0 Å². The Labute approximate surface area is 124 Å². The summed E-state index contributed by atoms with van der Waals surface area (Å²) < 4.78 is 25.0. The smallest absolute Gasteiger partial charge is 0.209 e. The third-order valence-electron chi connectivity index (χ3n) is 2.39. The molecule has 108 valence electrons. The fourth-order valence-electron chi connectivity index (χ4n) is 1.74. The molecule has 0 bridgehead atoms. The summed E-state index contributed by atoms with van der Waals surface area (Å²) >= 11 is 12.1. The summed E-state index contributed by atoms with van der Waals surface area (Å²) in [6.07, 6.45) is 1.14. The predicted octanol–water partition coefficient (Wildman–Crippen LogP) is 2.41. The zero-order valence-corrected chi connectivity index (χ0v) is 13.5. The highest BCUT2D eigenvalue weighted by molar-refractivity contribution is 7.88. The SMILES string of the molecule is CC(C)(CNCc1c(Cl)cccc1Cl)NS(C)(=O)=O. The fourth-order valence-corrected chi connectivity index (χ4v) is 3.35. The van der Waals surface area contributed by atoms with Gasteiger partial charge in [-0.05, 0) is 26.0 Å². The van der Waals surface area contributed by atoms with E-state index in [2.05, 4.69) is 10.0 Å². The lowest BCUT2D eigenvalue weighted by molar-refractivity contribution is 0.421. The van der Waals surface area contributed by atoms with Gasteiger partial charge in [0.2, 0.25) is 10.0 Å². The number of hydrogen-bond acceptors (Lipinski definition) is 3. The van der Waals surface area contributed by atoms with Crippen molar-refractivity contribution in [3.05, 3.63) is 33.8 Å². The molecule has 0 spiro atoms. The molecule has 0 radical (unpaired) electrons. The molecule has 1 rings (SSSR count). The van der Waals surface area contributed by atoms with Crippen molar-refractivity contribution in [2.75, 3.05) is 12.8 Å². The molecule has 4 nitrogen and oxygen atoms in total. The summed E-state index contributed by atoms with van der Waals surface area (Å²) in [6.45, 7) is 4.54. The van der Waals surface area contributed by atoms with E-state index in [0.717, 1.165) is 11.8 Å². The van der Waals surface area contributed by atoms with E-state index in [-0.39, 0.29) is 0 Å². The highest BCUT2D eigenvalue weighted by Crippen LogP contribution is 2.23. The molecule has 0 aliphatic rings. The molecule has 0 fully saturated rings. The van der Waals surface area contributed by atoms with E-state index in [1.54, 1.807) is 32.0 Å². The summed E-state index contributed by atoms with van der Waals surface area (Å²) in [4.78, 5) is 0. The molecule has 7 heteroatoms. The van der Waals surface area contributed by atoms with Crippen LogP contribution < -0.4 is 10.0 Å². The van der Waals surface area contributed by atoms with Crippen molar-refractivity contribution in [3.63, 3.8) is 0 Å². The van der Waals surface area contributed by atoms with Crippen molar-refractivity contribution in [2.45, 2.75) is 25.9 Å². The van der Waals surface area contributed by atoms with Crippen molar-refractivity contribution in [1.82, 2.24) is 10.0 Å². The molecule has 19 heavy (non-hydrogen) atoms. The molecule has 1 aromatic carbocycles. The zero-order valence-electron chi connectivity index (χ0n) is 11.1. The fraction of sp³-hybridized carbons (Fsp3) is 0.500. The van der Waals surface area contributed by atoms with Gasteiger partial charge in [0.25, 0.3) is 0 Å². The Balaban J connectivity index is 2.59. The summed E-state index contributed by atoms with van der Waals surface area (Å²) in [7, 11) is -3.24. The van der Waals surface area contributed by atoms with E-state index < -0.39 is 15.6 Å². The van der Waals surface area contributed by atoms with Gasteiger partial charge in [0, 0.05) is 34.2 Å². The van der Waals surface area contributed by atoms with E-state index in [4.69, 9.17) is 23.2 Å². The third kappa shape index (κ3) is 6.10. The van der Waals surface area contributed by atoms with Crippen LogP contribution in [-0.2, 0) is 16.6 Å². The molecule has 2 N–H and O–H groups in total. The minimum absolute atomic E-state index is 0.460. The number of nitrogens with one attached hydrogen (secondary N) is 2. The van der Waals surface area contributed by atoms with Gasteiger partial charge in [0.15, 0.2) is 0 Å². The molecular weight excluding hydrogens is 307 g/mol. The second-order valence-corrected chi connectivity index (χ2v) is 7.62. The molecule has 0 aliphatic carbocycles. The van der Waals surface area contributed by atoms with Gasteiger partial charge in [-0.2, -0.15) is 0 Å². The molecule has 0 amide bonds. The largest absolute Gasteiger partial charge is 0.311 e. The van der Waals surface area contributed by atoms with E-state index in [0.29, 0.717) is 23.1 Å². The van der Waals surface area contributed by atoms with E-state index >= 15 is 0 Å². The molecular formula is C12H18Cl2N2O2S. The second-order valence-electron chi connectivity index (χ2n) is 5.06. The van der Waals surface area contributed by atoms with Gasteiger partial charge >= 0.3 is 0 Å². The highest BCUT2D eigenvalue weighted by atomic mass is 35.5. The topological polar surface area (TPSA) is 58.2 Å². The van der Waals surface area contributed by atoms with Crippen LogP contribution in [0, 0.1) is 0 Å². The molecule has 0 saturated carbocycles. The molecule has 0 heterocycles. The zero-order chi connectivity index (χ0) is 14.7. The minimum atomic E-state index is -3.24. The number of benzene rings is 1. The van der Waals surface area contributed by atoms with Crippen LogP contribution in [0.25, 0.3) is 0 Å². The van der Waals surface area contributed by atoms with Gasteiger partial charge in [-0.3, -0.25) is 0 Å². The summed E-state index contributed by atoms with van der Waals surface area (Å²) in [5.74, 6) is 0. The van der Waals surface area contributed by atoms with Crippen molar-refractivity contribution >= 4 is 33.2 Å². The normalized spacial score (nSPS) is 12.7. The Bertz CT molecular complexity index is 524. The first-order valence-electron chi connectivity index (χ1n) is 5.73. The quantitative estimate of drug-likeness (QED) is 0.844. The second kappa shape index (κ2) is 6.41. The lowest BCUT2D eigenvalue weighted by Crippen LogP contribution is -2.49. The predicted molar refractivity (Wildman–Crippen MR) is 80.2 cm³/mol. The maximum Gasteiger partial charge on any atom is 0.209 e. The molecule has 0 unspecified atom stereocenters. The molecule has 0 aliphatic heterocycles. The van der Waals surface area contributed by atoms with Gasteiger partial charge < -0.3 is 5.32 Å². The highest BCUT2D eigenvalue weighted by Gasteiger charge is 2.21. The van der Waals surface area contributed by atoms with Crippen LogP contribution in [0.2, 0.25) is 10.0 Å². The van der Waals surface area contributed by atoms with Gasteiger partial charge in [-0.25, -0.2) is 13.1 Å². The van der Waals surface area contributed by atoms with Crippen molar-refractivity contribution < 1.29 is 8.42 Å². The average Bonchev–Trinajstić information content (AvgIpc) is 2.18. The van der Waals surface area contributed by atoms with E-state index in [1.165, 1.54) is 0 Å². The molecule has 0 atom stereocenters. The van der Waals surface area contributed by atoms with E-state index in [1.807, 2.05) is 0 Å². The average molecular weight is 325 g/mol. The maximum atomic E-state index is 11.2. The molecule has 0 saturated heterocycles. The lowest BCUT2D eigenvalue weighted by atomic mass is 10.1. The van der Waals surface area contributed by atoms with Crippen LogP contribution in [0.15, 0.2) is 18.2 Å². The van der Waals surface area contributed by atoms with Crippen LogP contribution in [-0.4, -0.2) is 26.8 Å². The van der Waals surface area contributed by atoms with E-state index in [9.17, 15) is 8.42 Å². The summed E-state index contributed by atoms with van der Waals surface area (Å²) in [6, 6.07) is 5.32. The van der Waals surface area contributed by atoms with Crippen LogP contribution >= 0.6 is 23.2 Å². The van der Waals surface area contributed by atoms with Crippen molar-refractivity contribution in [2.24, 2.45) is 0 Å². The van der Waals surface area contributed by atoms with Gasteiger partial charge in [0.05, 0.1) is 6.26 Å². The Hall–Kier alpha value is -0.330. The number of rotatable bonds is 6. The summed E-state index contributed by atoms with van der Waals surface area (Å²) in [5.41, 5.74) is 0.224. The van der Waals surface area contributed by atoms with Crippen LogP contribution in [0.5, 0.6) is 0 Å². The minimum Gasteiger partial charge on any atom is -0.311 e. The molecule has 1 aromatic rings. The first kappa shape index (κ1) is 16.7. The van der Waals surface area contributed by atoms with Gasteiger partial charge in [-0.15, -0.1) is 0 Å². The molecule has 0 aromatic heterocycles. The lowest BCUT2D eigenvalue weighted by Gasteiger charge is -2.25. The number of halogens is 2. The maximum absolute atomic E-state index is 11.2. The van der Waals surface area contributed by atoms with Crippen LogP contribution in [0.3, 0.4) is 0 Å². The summed E-state index contributed by atoms with van der Waals surface area (Å²) in [5, 5.41) is 4.33. The van der Waals surface area contributed by atoms with Crippen LogP contribution in [0.1, 0.15) is 19.4 Å². The Kier molecular flexibility index (Phi) is 5.65.